The van der Waals surface area contributed by atoms with E-state index in [0.717, 1.165) is 10.6 Å². The molecule has 7 heteroatoms. The highest BCUT2D eigenvalue weighted by atomic mass is 32.1. The predicted molar refractivity (Wildman–Crippen MR) is 102 cm³/mol. The van der Waals surface area contributed by atoms with Gasteiger partial charge in [0, 0.05) is 31.4 Å². The molecule has 3 aromatic rings. The van der Waals surface area contributed by atoms with Crippen molar-refractivity contribution < 1.29 is 4.79 Å². The summed E-state index contributed by atoms with van der Waals surface area (Å²) in [5, 5.41) is 9.61. The van der Waals surface area contributed by atoms with Crippen molar-refractivity contribution >= 4 is 17.2 Å². The number of amides is 1. The molecule has 4 rings (SSSR count). The summed E-state index contributed by atoms with van der Waals surface area (Å²) in [6.45, 7) is 1.03. The molecule has 1 N–H and O–H groups in total. The highest BCUT2D eigenvalue weighted by Gasteiger charge is 2.28. The van der Waals surface area contributed by atoms with Crippen molar-refractivity contribution in [1.29, 1.82) is 0 Å². The number of hydrogen-bond donors (Lipinski definition) is 1. The van der Waals surface area contributed by atoms with Crippen LogP contribution in [0.25, 0.3) is 10.6 Å². The number of nitrogens with zero attached hydrogens (tertiary/aromatic N) is 3. The van der Waals surface area contributed by atoms with Gasteiger partial charge < -0.3 is 9.88 Å². The molecular weight excluding hydrogens is 348 g/mol. The minimum atomic E-state index is -0.343. The second kappa shape index (κ2) is 6.92. The van der Waals surface area contributed by atoms with E-state index in [0.29, 0.717) is 19.0 Å². The lowest BCUT2D eigenvalue weighted by atomic mass is 10.2. The number of thiophene rings is 1. The van der Waals surface area contributed by atoms with Gasteiger partial charge in [-0.05, 0) is 42.5 Å². The SMILES string of the molecule is Cn1cccc(C(=O)NCCn2nc(-c3cccs3)cc2C2CC2)c1=O. The van der Waals surface area contributed by atoms with Crippen LogP contribution < -0.4 is 10.9 Å². The molecule has 0 aliphatic heterocycles. The Morgan fingerprint density at radius 3 is 2.92 bits per heavy atom. The lowest BCUT2D eigenvalue weighted by Gasteiger charge is -2.08. The summed E-state index contributed by atoms with van der Waals surface area (Å²) in [6.07, 6.45) is 4.03. The minimum absolute atomic E-state index is 0.164. The molecule has 0 unspecified atom stereocenters. The minimum Gasteiger partial charge on any atom is -0.350 e. The molecule has 0 saturated heterocycles. The van der Waals surface area contributed by atoms with Crippen molar-refractivity contribution in [1.82, 2.24) is 19.7 Å². The van der Waals surface area contributed by atoms with E-state index in [4.69, 9.17) is 5.10 Å². The van der Waals surface area contributed by atoms with Crippen LogP contribution in [0.1, 0.15) is 34.8 Å². The molecule has 1 amide bonds. The Balaban J connectivity index is 1.45. The zero-order valence-corrected chi connectivity index (χ0v) is 15.3. The van der Waals surface area contributed by atoms with Gasteiger partial charge in [-0.1, -0.05) is 6.07 Å². The van der Waals surface area contributed by atoms with Gasteiger partial charge in [-0.2, -0.15) is 5.10 Å². The predicted octanol–water partition coefficient (Wildman–Crippen LogP) is 2.62. The van der Waals surface area contributed by atoms with Crippen LogP contribution in [0.15, 0.2) is 46.7 Å². The summed E-state index contributed by atoms with van der Waals surface area (Å²) in [6, 6.07) is 9.51. The standard InChI is InChI=1S/C19H20N4O2S/c1-22-9-2-4-14(19(22)25)18(24)20-8-10-23-16(13-6-7-13)12-15(21-23)17-5-3-11-26-17/h2-5,9,11-13H,6-8,10H2,1H3,(H,20,24). The first-order valence-electron chi connectivity index (χ1n) is 8.69. The van der Waals surface area contributed by atoms with Crippen molar-refractivity contribution in [3.63, 3.8) is 0 Å². The summed E-state index contributed by atoms with van der Waals surface area (Å²) in [5.74, 6) is 0.234. The van der Waals surface area contributed by atoms with Gasteiger partial charge in [-0.15, -0.1) is 11.3 Å². The third-order valence-electron chi connectivity index (χ3n) is 4.56. The first kappa shape index (κ1) is 16.8. The molecule has 6 nitrogen and oxygen atoms in total. The van der Waals surface area contributed by atoms with E-state index in [9.17, 15) is 9.59 Å². The maximum Gasteiger partial charge on any atom is 0.263 e. The smallest absolute Gasteiger partial charge is 0.263 e. The van der Waals surface area contributed by atoms with Crippen LogP contribution in [0.5, 0.6) is 0 Å². The van der Waals surface area contributed by atoms with Gasteiger partial charge in [0.05, 0.1) is 11.4 Å². The van der Waals surface area contributed by atoms with Crippen molar-refractivity contribution in [3.8, 4) is 10.6 Å². The van der Waals surface area contributed by atoms with Gasteiger partial charge in [0.15, 0.2) is 0 Å². The van der Waals surface area contributed by atoms with E-state index in [2.05, 4.69) is 17.4 Å². The molecule has 134 valence electrons. The van der Waals surface area contributed by atoms with E-state index in [1.54, 1.807) is 36.7 Å². The fourth-order valence-corrected chi connectivity index (χ4v) is 3.68. The lowest BCUT2D eigenvalue weighted by Crippen LogP contribution is -2.33. The van der Waals surface area contributed by atoms with Crippen molar-refractivity contribution in [2.45, 2.75) is 25.3 Å². The van der Waals surface area contributed by atoms with Crippen LogP contribution >= 0.6 is 11.3 Å². The third kappa shape index (κ3) is 3.35. The Kier molecular flexibility index (Phi) is 4.46. The quantitative estimate of drug-likeness (QED) is 0.727. The summed E-state index contributed by atoms with van der Waals surface area (Å²) in [4.78, 5) is 25.4. The van der Waals surface area contributed by atoms with Gasteiger partial charge in [-0.25, -0.2) is 0 Å². The molecular formula is C19H20N4O2S. The highest BCUT2D eigenvalue weighted by Crippen LogP contribution is 2.41. The van der Waals surface area contributed by atoms with Crippen molar-refractivity contribution in [2.75, 3.05) is 6.54 Å². The zero-order chi connectivity index (χ0) is 18.1. The van der Waals surface area contributed by atoms with Crippen molar-refractivity contribution in [3.05, 3.63) is 63.5 Å². The molecule has 0 aromatic carbocycles. The molecule has 3 aromatic heterocycles. The molecule has 0 atom stereocenters. The van der Waals surface area contributed by atoms with E-state index in [1.807, 2.05) is 16.1 Å². The second-order valence-electron chi connectivity index (χ2n) is 6.52. The summed E-state index contributed by atoms with van der Waals surface area (Å²) < 4.78 is 3.40. The molecule has 3 heterocycles. The summed E-state index contributed by atoms with van der Waals surface area (Å²) in [5.41, 5.74) is 2.10. The van der Waals surface area contributed by atoms with E-state index in [1.165, 1.54) is 23.1 Å². The van der Waals surface area contributed by atoms with Crippen LogP contribution in [-0.2, 0) is 13.6 Å². The number of hydrogen-bond acceptors (Lipinski definition) is 4. The highest BCUT2D eigenvalue weighted by molar-refractivity contribution is 7.13. The van der Waals surface area contributed by atoms with E-state index in [-0.39, 0.29) is 17.0 Å². The van der Waals surface area contributed by atoms with Crippen LogP contribution in [0.4, 0.5) is 0 Å². The van der Waals surface area contributed by atoms with Gasteiger partial charge in [-0.3, -0.25) is 14.3 Å². The Hall–Kier alpha value is -2.67. The second-order valence-corrected chi connectivity index (χ2v) is 7.47. The first-order chi connectivity index (χ1) is 12.6. The molecule has 26 heavy (non-hydrogen) atoms. The van der Waals surface area contributed by atoms with Crippen molar-refractivity contribution in [2.24, 2.45) is 7.05 Å². The molecule has 1 aliphatic rings. The molecule has 0 bridgehead atoms. The van der Waals surface area contributed by atoms with Crippen LogP contribution in [0.3, 0.4) is 0 Å². The number of aromatic nitrogens is 3. The molecule has 1 aliphatic carbocycles. The molecule has 1 fully saturated rings. The zero-order valence-electron chi connectivity index (χ0n) is 14.5. The van der Waals surface area contributed by atoms with E-state index < -0.39 is 0 Å². The Labute approximate surface area is 155 Å². The number of carbonyl (C=O) groups is 1. The Morgan fingerprint density at radius 2 is 2.19 bits per heavy atom. The monoisotopic (exact) mass is 368 g/mol. The lowest BCUT2D eigenvalue weighted by molar-refractivity contribution is 0.0950. The summed E-state index contributed by atoms with van der Waals surface area (Å²) in [7, 11) is 1.64. The van der Waals surface area contributed by atoms with Gasteiger partial charge in [0.1, 0.15) is 11.3 Å². The molecule has 1 saturated carbocycles. The van der Waals surface area contributed by atoms with Gasteiger partial charge >= 0.3 is 0 Å². The fraction of sp³-hybridized carbons (Fsp3) is 0.316. The number of pyridine rings is 1. The number of aryl methyl sites for hydroxylation is 1. The molecule has 0 spiro atoms. The van der Waals surface area contributed by atoms with Crippen LogP contribution in [-0.4, -0.2) is 26.8 Å². The maximum atomic E-state index is 12.3. The normalized spacial score (nSPS) is 13.7. The average molecular weight is 368 g/mol. The van der Waals surface area contributed by atoms with E-state index >= 15 is 0 Å². The van der Waals surface area contributed by atoms with Gasteiger partial charge in [0.25, 0.3) is 11.5 Å². The average Bonchev–Trinajstić information content (AvgIpc) is 3.16. The third-order valence-corrected chi connectivity index (χ3v) is 5.45. The first-order valence-corrected chi connectivity index (χ1v) is 9.57. The Bertz CT molecular complexity index is 983. The largest absolute Gasteiger partial charge is 0.350 e. The fourth-order valence-electron chi connectivity index (χ4n) is 3.00. The molecule has 0 radical (unpaired) electrons. The maximum absolute atomic E-state index is 12.3. The van der Waals surface area contributed by atoms with Crippen LogP contribution in [0, 0.1) is 0 Å². The Morgan fingerprint density at radius 1 is 1.35 bits per heavy atom. The number of rotatable bonds is 6. The topological polar surface area (TPSA) is 68.9 Å². The van der Waals surface area contributed by atoms with Gasteiger partial charge in [0.2, 0.25) is 0 Å². The number of carbonyl (C=O) groups excluding carboxylic acids is 1. The van der Waals surface area contributed by atoms with Crippen LogP contribution in [0.2, 0.25) is 0 Å². The number of nitrogens with one attached hydrogen (secondary N) is 1. The summed E-state index contributed by atoms with van der Waals surface area (Å²) >= 11 is 1.68.